The highest BCUT2D eigenvalue weighted by Gasteiger charge is 2.23. The van der Waals surface area contributed by atoms with Crippen LogP contribution in [0.1, 0.15) is 55.8 Å². The van der Waals surface area contributed by atoms with Gasteiger partial charge < -0.3 is 10.6 Å². The summed E-state index contributed by atoms with van der Waals surface area (Å²) in [5.74, 6) is 0.675. The third-order valence-electron chi connectivity index (χ3n) is 3.64. The van der Waals surface area contributed by atoms with Gasteiger partial charge in [0.1, 0.15) is 0 Å². The Balaban J connectivity index is 1.88. The zero-order chi connectivity index (χ0) is 13.7. The van der Waals surface area contributed by atoms with Gasteiger partial charge in [0.15, 0.2) is 0 Å². The van der Waals surface area contributed by atoms with Crippen LogP contribution >= 0.6 is 11.3 Å². The third-order valence-corrected chi connectivity index (χ3v) is 4.52. The minimum Gasteiger partial charge on any atom is -0.360 e. The molecule has 0 aliphatic heterocycles. The number of hydrogen-bond donors (Lipinski definition) is 2. The fraction of sp³-hybridized carbons (Fsp3) is 0.769. The second-order valence-electron chi connectivity index (χ2n) is 5.05. The lowest BCUT2D eigenvalue weighted by Gasteiger charge is -2.28. The summed E-state index contributed by atoms with van der Waals surface area (Å²) in [6.45, 7) is 5.01. The van der Waals surface area contributed by atoms with Gasteiger partial charge in [0, 0.05) is 12.6 Å². The molecular formula is C13H22N4OS. The molecule has 2 rings (SSSR count). The van der Waals surface area contributed by atoms with Crippen LogP contribution in [0.4, 0.5) is 5.13 Å². The third kappa shape index (κ3) is 3.89. The lowest BCUT2D eigenvalue weighted by Crippen LogP contribution is -2.38. The molecule has 1 aromatic rings. The van der Waals surface area contributed by atoms with Gasteiger partial charge in [-0.15, -0.1) is 10.2 Å². The molecular weight excluding hydrogens is 260 g/mol. The van der Waals surface area contributed by atoms with Crippen molar-refractivity contribution in [1.82, 2.24) is 15.5 Å². The Morgan fingerprint density at radius 2 is 2.21 bits per heavy atom. The van der Waals surface area contributed by atoms with Gasteiger partial charge in [-0.1, -0.05) is 37.5 Å². The molecule has 1 aromatic heterocycles. The Morgan fingerprint density at radius 3 is 2.95 bits per heavy atom. The Bertz CT molecular complexity index is 421. The summed E-state index contributed by atoms with van der Waals surface area (Å²) in [6, 6.07) is 0.303. The standard InChI is InChI=1S/C13H22N4OS/c1-3-9-6-5-7-10(8-9)15-11(18)12-16-17-13(19-12)14-4-2/h9-10H,3-8H2,1-2H3,(H,14,17)(H,15,18). The van der Waals surface area contributed by atoms with Crippen molar-refractivity contribution in [2.24, 2.45) is 5.92 Å². The number of amides is 1. The molecule has 1 aliphatic carbocycles. The average molecular weight is 282 g/mol. The van der Waals surface area contributed by atoms with E-state index in [1.807, 2.05) is 6.92 Å². The number of rotatable bonds is 5. The van der Waals surface area contributed by atoms with Crippen LogP contribution in [0.3, 0.4) is 0 Å². The average Bonchev–Trinajstić information content (AvgIpc) is 2.88. The number of aromatic nitrogens is 2. The molecule has 0 radical (unpaired) electrons. The van der Waals surface area contributed by atoms with Crippen molar-refractivity contribution >= 4 is 22.4 Å². The van der Waals surface area contributed by atoms with Crippen molar-refractivity contribution < 1.29 is 4.79 Å². The highest BCUT2D eigenvalue weighted by atomic mass is 32.1. The van der Waals surface area contributed by atoms with Gasteiger partial charge in [-0.2, -0.15) is 0 Å². The first-order valence-electron chi connectivity index (χ1n) is 7.11. The molecule has 1 saturated carbocycles. The van der Waals surface area contributed by atoms with E-state index in [-0.39, 0.29) is 5.91 Å². The number of nitrogens with one attached hydrogen (secondary N) is 2. The molecule has 106 valence electrons. The summed E-state index contributed by atoms with van der Waals surface area (Å²) in [4.78, 5) is 12.1. The minimum absolute atomic E-state index is 0.0802. The first kappa shape index (κ1) is 14.2. The van der Waals surface area contributed by atoms with E-state index >= 15 is 0 Å². The Labute approximate surface area is 118 Å². The quantitative estimate of drug-likeness (QED) is 0.871. The number of carbonyl (C=O) groups is 1. The molecule has 0 aromatic carbocycles. The van der Waals surface area contributed by atoms with E-state index in [1.54, 1.807) is 0 Å². The summed E-state index contributed by atoms with van der Waals surface area (Å²) in [5.41, 5.74) is 0. The van der Waals surface area contributed by atoms with Crippen LogP contribution in [-0.2, 0) is 0 Å². The van der Waals surface area contributed by atoms with Crippen molar-refractivity contribution in [2.75, 3.05) is 11.9 Å². The molecule has 6 heteroatoms. The second-order valence-corrected chi connectivity index (χ2v) is 6.03. The lowest BCUT2D eigenvalue weighted by atomic mass is 9.84. The zero-order valence-electron chi connectivity index (χ0n) is 11.6. The first-order valence-corrected chi connectivity index (χ1v) is 7.92. The van der Waals surface area contributed by atoms with Crippen molar-refractivity contribution in [1.29, 1.82) is 0 Å². The maximum Gasteiger partial charge on any atom is 0.282 e. The molecule has 19 heavy (non-hydrogen) atoms. The van der Waals surface area contributed by atoms with Crippen molar-refractivity contribution in [3.8, 4) is 0 Å². The van der Waals surface area contributed by atoms with E-state index in [9.17, 15) is 4.79 Å². The normalized spacial score (nSPS) is 23.1. The number of hydrogen-bond acceptors (Lipinski definition) is 5. The molecule has 1 aliphatic rings. The van der Waals surface area contributed by atoms with Gasteiger partial charge >= 0.3 is 0 Å². The van der Waals surface area contributed by atoms with E-state index in [1.165, 1.54) is 30.6 Å². The number of carbonyl (C=O) groups excluding carboxylic acids is 1. The Hall–Kier alpha value is -1.17. The number of nitrogens with zero attached hydrogens (tertiary/aromatic N) is 2. The Kier molecular flexibility index (Phi) is 5.13. The zero-order valence-corrected chi connectivity index (χ0v) is 12.4. The largest absolute Gasteiger partial charge is 0.360 e. The highest BCUT2D eigenvalue weighted by molar-refractivity contribution is 7.17. The van der Waals surface area contributed by atoms with Crippen LogP contribution in [-0.4, -0.2) is 28.7 Å². The lowest BCUT2D eigenvalue weighted by molar-refractivity contribution is 0.0918. The predicted octanol–water partition coefficient (Wildman–Crippen LogP) is 2.67. The van der Waals surface area contributed by atoms with Gasteiger partial charge in [0.25, 0.3) is 5.91 Å². The van der Waals surface area contributed by atoms with Gasteiger partial charge in [-0.3, -0.25) is 4.79 Å². The van der Waals surface area contributed by atoms with E-state index in [0.29, 0.717) is 16.2 Å². The molecule has 5 nitrogen and oxygen atoms in total. The first-order chi connectivity index (χ1) is 9.22. The minimum atomic E-state index is -0.0802. The molecule has 0 spiro atoms. The molecule has 0 bridgehead atoms. The molecule has 1 amide bonds. The molecule has 1 heterocycles. The smallest absolute Gasteiger partial charge is 0.282 e. The molecule has 2 N–H and O–H groups in total. The van der Waals surface area contributed by atoms with E-state index < -0.39 is 0 Å². The molecule has 0 saturated heterocycles. The Morgan fingerprint density at radius 1 is 1.37 bits per heavy atom. The van der Waals surface area contributed by atoms with E-state index in [4.69, 9.17) is 0 Å². The van der Waals surface area contributed by atoms with Crippen molar-refractivity contribution in [3.05, 3.63) is 5.01 Å². The van der Waals surface area contributed by atoms with E-state index in [0.717, 1.165) is 25.3 Å². The van der Waals surface area contributed by atoms with Gasteiger partial charge in [0.05, 0.1) is 0 Å². The van der Waals surface area contributed by atoms with Crippen molar-refractivity contribution in [2.45, 2.75) is 52.0 Å². The van der Waals surface area contributed by atoms with Crippen LogP contribution in [0.2, 0.25) is 0 Å². The van der Waals surface area contributed by atoms with Gasteiger partial charge in [0.2, 0.25) is 10.1 Å². The molecule has 1 fully saturated rings. The van der Waals surface area contributed by atoms with Gasteiger partial charge in [-0.05, 0) is 25.7 Å². The fourth-order valence-electron chi connectivity index (χ4n) is 2.58. The monoisotopic (exact) mass is 282 g/mol. The predicted molar refractivity (Wildman–Crippen MR) is 77.6 cm³/mol. The number of anilines is 1. The summed E-state index contributed by atoms with van der Waals surface area (Å²) < 4.78 is 0. The SMILES string of the molecule is CCNc1nnc(C(=O)NC2CCCC(CC)C2)s1. The van der Waals surface area contributed by atoms with Crippen LogP contribution in [0.15, 0.2) is 0 Å². The second kappa shape index (κ2) is 6.84. The summed E-state index contributed by atoms with van der Waals surface area (Å²) in [5, 5.41) is 15.2. The summed E-state index contributed by atoms with van der Waals surface area (Å²) >= 11 is 1.32. The summed E-state index contributed by atoms with van der Waals surface area (Å²) in [7, 11) is 0. The fourth-order valence-corrected chi connectivity index (χ4v) is 3.29. The van der Waals surface area contributed by atoms with Crippen LogP contribution in [0.5, 0.6) is 0 Å². The van der Waals surface area contributed by atoms with Gasteiger partial charge in [-0.25, -0.2) is 0 Å². The summed E-state index contributed by atoms with van der Waals surface area (Å²) in [6.07, 6.45) is 5.90. The molecule has 2 unspecified atom stereocenters. The van der Waals surface area contributed by atoms with Crippen LogP contribution in [0, 0.1) is 5.92 Å². The maximum absolute atomic E-state index is 12.1. The maximum atomic E-state index is 12.1. The van der Waals surface area contributed by atoms with Crippen LogP contribution in [0.25, 0.3) is 0 Å². The van der Waals surface area contributed by atoms with Crippen molar-refractivity contribution in [3.63, 3.8) is 0 Å². The van der Waals surface area contributed by atoms with E-state index in [2.05, 4.69) is 27.8 Å². The topological polar surface area (TPSA) is 66.9 Å². The highest BCUT2D eigenvalue weighted by Crippen LogP contribution is 2.27. The molecule has 2 atom stereocenters. The van der Waals surface area contributed by atoms with Crippen LogP contribution < -0.4 is 10.6 Å².